The number of aromatic nitrogens is 1. The van der Waals surface area contributed by atoms with Gasteiger partial charge >= 0.3 is 6.09 Å². The number of carbonyl (C=O) groups excluding carboxylic acids is 3. The van der Waals surface area contributed by atoms with Crippen LogP contribution in [-0.4, -0.2) is 77.4 Å². The van der Waals surface area contributed by atoms with Crippen molar-refractivity contribution in [2.75, 3.05) is 45.1 Å². The number of benzene rings is 2. The van der Waals surface area contributed by atoms with Gasteiger partial charge < -0.3 is 24.4 Å². The Hall–Kier alpha value is -3.46. The standard InChI is InChI=1S/C26H30N4O4S/c1-2-34-26(33)29-16-14-28(15-17-29)24(31)19-35-23-18-30(22-11-7-6-10-21(22)23)13-12-27-25(32)20-8-4-3-5-9-20/h3-11,18H,2,12-17,19H2,1H3,(H,27,32). The third kappa shape index (κ3) is 6.16. The van der Waals surface area contributed by atoms with E-state index in [0.717, 1.165) is 15.8 Å². The summed E-state index contributed by atoms with van der Waals surface area (Å²) in [5, 5.41) is 4.06. The Morgan fingerprint density at radius 2 is 1.63 bits per heavy atom. The number of hydrogen-bond donors (Lipinski definition) is 1. The lowest BCUT2D eigenvalue weighted by atomic mass is 10.2. The molecule has 8 nitrogen and oxygen atoms in total. The van der Waals surface area contributed by atoms with Crippen molar-refractivity contribution in [1.29, 1.82) is 0 Å². The van der Waals surface area contributed by atoms with E-state index in [0.29, 0.717) is 57.2 Å². The third-order valence-electron chi connectivity index (χ3n) is 5.94. The summed E-state index contributed by atoms with van der Waals surface area (Å²) in [6, 6.07) is 17.3. The fourth-order valence-corrected chi connectivity index (χ4v) is 5.07. The van der Waals surface area contributed by atoms with Crippen LogP contribution < -0.4 is 5.32 Å². The molecule has 1 N–H and O–H groups in total. The van der Waals surface area contributed by atoms with Crippen molar-refractivity contribution in [3.63, 3.8) is 0 Å². The van der Waals surface area contributed by atoms with Crippen molar-refractivity contribution in [3.05, 3.63) is 66.4 Å². The molecule has 1 fully saturated rings. The van der Waals surface area contributed by atoms with Gasteiger partial charge in [-0.3, -0.25) is 9.59 Å². The van der Waals surface area contributed by atoms with E-state index >= 15 is 0 Å². The molecule has 184 valence electrons. The molecule has 1 aromatic heterocycles. The van der Waals surface area contributed by atoms with Crippen LogP contribution in [0.2, 0.25) is 0 Å². The molecule has 2 aromatic carbocycles. The molecule has 1 aliphatic heterocycles. The lowest BCUT2D eigenvalue weighted by Gasteiger charge is -2.34. The highest BCUT2D eigenvalue weighted by Gasteiger charge is 2.25. The highest BCUT2D eigenvalue weighted by molar-refractivity contribution is 8.00. The molecule has 0 spiro atoms. The van der Waals surface area contributed by atoms with E-state index in [9.17, 15) is 14.4 Å². The summed E-state index contributed by atoms with van der Waals surface area (Å²) in [6.45, 7) is 5.27. The van der Waals surface area contributed by atoms with Crippen LogP contribution in [0.5, 0.6) is 0 Å². The molecular formula is C26H30N4O4S. The lowest BCUT2D eigenvalue weighted by molar-refractivity contribution is -0.129. The van der Waals surface area contributed by atoms with Crippen molar-refractivity contribution in [2.24, 2.45) is 0 Å². The molecule has 0 bridgehead atoms. The van der Waals surface area contributed by atoms with Gasteiger partial charge in [-0.25, -0.2) is 4.79 Å². The second-order valence-electron chi connectivity index (χ2n) is 8.18. The molecule has 1 saturated heterocycles. The first kappa shape index (κ1) is 24.7. The summed E-state index contributed by atoms with van der Waals surface area (Å²) in [7, 11) is 0. The monoisotopic (exact) mass is 494 g/mol. The predicted molar refractivity (Wildman–Crippen MR) is 137 cm³/mol. The first-order valence-corrected chi connectivity index (χ1v) is 12.8. The predicted octanol–water partition coefficient (Wildman–Crippen LogP) is 3.46. The van der Waals surface area contributed by atoms with Gasteiger partial charge in [0, 0.05) is 66.8 Å². The van der Waals surface area contributed by atoms with Crippen LogP contribution in [0.1, 0.15) is 17.3 Å². The smallest absolute Gasteiger partial charge is 0.409 e. The molecular weight excluding hydrogens is 464 g/mol. The zero-order valence-electron chi connectivity index (χ0n) is 19.8. The number of para-hydroxylation sites is 1. The van der Waals surface area contributed by atoms with E-state index in [2.05, 4.69) is 28.2 Å². The molecule has 35 heavy (non-hydrogen) atoms. The van der Waals surface area contributed by atoms with Crippen LogP contribution in [0.3, 0.4) is 0 Å². The highest BCUT2D eigenvalue weighted by Crippen LogP contribution is 2.30. The number of piperazine rings is 1. The van der Waals surface area contributed by atoms with Crippen molar-refractivity contribution in [1.82, 2.24) is 19.7 Å². The average Bonchev–Trinajstić information content (AvgIpc) is 3.25. The number of nitrogens with zero attached hydrogens (tertiary/aromatic N) is 3. The summed E-state index contributed by atoms with van der Waals surface area (Å²) in [4.78, 5) is 41.5. The number of fused-ring (bicyclic) bond motifs is 1. The van der Waals surface area contributed by atoms with E-state index < -0.39 is 0 Å². The molecule has 4 rings (SSSR count). The van der Waals surface area contributed by atoms with Gasteiger partial charge in [0.25, 0.3) is 5.91 Å². The number of carbonyl (C=O) groups is 3. The third-order valence-corrected chi connectivity index (χ3v) is 6.96. The minimum absolute atomic E-state index is 0.0606. The van der Waals surface area contributed by atoms with E-state index in [1.807, 2.05) is 30.3 Å². The molecule has 0 saturated carbocycles. The maximum Gasteiger partial charge on any atom is 0.409 e. The van der Waals surface area contributed by atoms with Gasteiger partial charge in [-0.15, -0.1) is 11.8 Å². The maximum atomic E-state index is 12.8. The molecule has 3 amide bonds. The normalized spacial score (nSPS) is 13.6. The van der Waals surface area contributed by atoms with Gasteiger partial charge in [0.1, 0.15) is 0 Å². The second kappa shape index (κ2) is 11.8. The van der Waals surface area contributed by atoms with Gasteiger partial charge in [-0.1, -0.05) is 36.4 Å². The minimum Gasteiger partial charge on any atom is -0.450 e. The van der Waals surface area contributed by atoms with E-state index in [1.165, 1.54) is 11.8 Å². The van der Waals surface area contributed by atoms with Crippen molar-refractivity contribution < 1.29 is 19.1 Å². The Kier molecular flexibility index (Phi) is 8.31. The number of nitrogens with one attached hydrogen (secondary N) is 1. The summed E-state index contributed by atoms with van der Waals surface area (Å²) < 4.78 is 7.16. The molecule has 0 aliphatic carbocycles. The van der Waals surface area contributed by atoms with Crippen molar-refractivity contribution >= 4 is 40.6 Å². The second-order valence-corrected chi connectivity index (χ2v) is 9.20. The minimum atomic E-state index is -0.318. The van der Waals surface area contributed by atoms with Gasteiger partial charge in [0.2, 0.25) is 5.91 Å². The van der Waals surface area contributed by atoms with Crippen LogP contribution >= 0.6 is 11.8 Å². The zero-order valence-corrected chi connectivity index (χ0v) is 20.6. The molecule has 0 radical (unpaired) electrons. The largest absolute Gasteiger partial charge is 0.450 e. The van der Waals surface area contributed by atoms with Crippen LogP contribution in [0, 0.1) is 0 Å². The Morgan fingerprint density at radius 3 is 2.37 bits per heavy atom. The lowest BCUT2D eigenvalue weighted by Crippen LogP contribution is -2.51. The first-order chi connectivity index (χ1) is 17.1. The molecule has 0 unspecified atom stereocenters. The van der Waals surface area contributed by atoms with Gasteiger partial charge in [0.05, 0.1) is 12.4 Å². The maximum absolute atomic E-state index is 12.8. The van der Waals surface area contributed by atoms with E-state index in [-0.39, 0.29) is 17.9 Å². The van der Waals surface area contributed by atoms with E-state index in [4.69, 9.17) is 4.74 Å². The van der Waals surface area contributed by atoms with Crippen molar-refractivity contribution in [2.45, 2.75) is 18.4 Å². The Morgan fingerprint density at radius 1 is 0.943 bits per heavy atom. The summed E-state index contributed by atoms with van der Waals surface area (Å²) in [5.41, 5.74) is 1.71. The molecule has 9 heteroatoms. The Balaban J connectivity index is 1.32. The Bertz CT molecular complexity index is 1170. The van der Waals surface area contributed by atoms with Gasteiger partial charge in [-0.05, 0) is 25.1 Å². The van der Waals surface area contributed by atoms with E-state index in [1.54, 1.807) is 28.9 Å². The summed E-state index contributed by atoms with van der Waals surface area (Å²) >= 11 is 1.52. The molecule has 2 heterocycles. The fraction of sp³-hybridized carbons (Fsp3) is 0.346. The SMILES string of the molecule is CCOC(=O)N1CCN(C(=O)CSc2cn(CCNC(=O)c3ccccc3)c3ccccc23)CC1. The highest BCUT2D eigenvalue weighted by atomic mass is 32.2. The Labute approximate surface area is 209 Å². The number of thioether (sulfide) groups is 1. The number of rotatable bonds is 8. The van der Waals surface area contributed by atoms with Crippen LogP contribution in [0.15, 0.2) is 65.7 Å². The quantitative estimate of drug-likeness (QED) is 0.485. The molecule has 3 aromatic rings. The van der Waals surface area contributed by atoms with Gasteiger partial charge in [0.15, 0.2) is 0 Å². The first-order valence-electron chi connectivity index (χ1n) is 11.8. The van der Waals surface area contributed by atoms with Gasteiger partial charge in [-0.2, -0.15) is 0 Å². The molecule has 0 atom stereocenters. The topological polar surface area (TPSA) is 83.9 Å². The fourth-order valence-electron chi connectivity index (χ4n) is 4.08. The number of ether oxygens (including phenoxy) is 1. The van der Waals surface area contributed by atoms with Crippen LogP contribution in [-0.2, 0) is 16.1 Å². The number of amides is 3. The van der Waals surface area contributed by atoms with Crippen LogP contribution in [0.25, 0.3) is 10.9 Å². The molecule has 1 aliphatic rings. The van der Waals surface area contributed by atoms with Crippen LogP contribution in [0.4, 0.5) is 4.79 Å². The summed E-state index contributed by atoms with van der Waals surface area (Å²) in [6.07, 6.45) is 1.73. The summed E-state index contributed by atoms with van der Waals surface area (Å²) in [5.74, 6) is 0.300. The zero-order chi connectivity index (χ0) is 24.6. The number of hydrogen-bond acceptors (Lipinski definition) is 5. The average molecular weight is 495 g/mol. The van der Waals surface area contributed by atoms with Crippen molar-refractivity contribution in [3.8, 4) is 0 Å².